The van der Waals surface area contributed by atoms with E-state index in [4.69, 9.17) is 4.74 Å². The summed E-state index contributed by atoms with van der Waals surface area (Å²) >= 11 is 0. The van der Waals surface area contributed by atoms with Gasteiger partial charge in [0.05, 0.1) is 18.5 Å². The van der Waals surface area contributed by atoms with Gasteiger partial charge in [-0.05, 0) is 50.6 Å². The van der Waals surface area contributed by atoms with E-state index < -0.39 is 0 Å². The molecule has 0 atom stereocenters. The summed E-state index contributed by atoms with van der Waals surface area (Å²) in [7, 11) is 1.69. The van der Waals surface area contributed by atoms with Crippen molar-refractivity contribution in [3.63, 3.8) is 0 Å². The molecule has 1 N–H and O–H groups in total. The fourth-order valence-corrected chi connectivity index (χ4v) is 2.26. The van der Waals surface area contributed by atoms with Crippen LogP contribution in [-0.2, 0) is 19.5 Å². The van der Waals surface area contributed by atoms with Gasteiger partial charge in [-0.3, -0.25) is 4.68 Å². The molecule has 108 valence electrons. The lowest BCUT2D eigenvalue weighted by molar-refractivity contribution is 0.414. The second kappa shape index (κ2) is 7.10. The first-order valence-corrected chi connectivity index (χ1v) is 7.10. The Balaban J connectivity index is 1.78. The van der Waals surface area contributed by atoms with Gasteiger partial charge in [0.25, 0.3) is 0 Å². The largest absolute Gasteiger partial charge is 0.497 e. The van der Waals surface area contributed by atoms with Gasteiger partial charge in [-0.15, -0.1) is 0 Å². The van der Waals surface area contributed by atoms with Gasteiger partial charge in [-0.1, -0.05) is 12.1 Å². The number of hydrogen-bond acceptors (Lipinski definition) is 3. The van der Waals surface area contributed by atoms with Crippen LogP contribution < -0.4 is 10.1 Å². The molecule has 2 rings (SSSR count). The maximum Gasteiger partial charge on any atom is 0.118 e. The molecule has 0 saturated carbocycles. The normalized spacial score (nSPS) is 10.8. The predicted octanol–water partition coefficient (Wildman–Crippen LogP) is 2.55. The van der Waals surface area contributed by atoms with Crippen LogP contribution in [0.25, 0.3) is 0 Å². The minimum absolute atomic E-state index is 0.866. The Kier molecular flexibility index (Phi) is 5.18. The van der Waals surface area contributed by atoms with Crippen LogP contribution in [0.15, 0.2) is 30.3 Å². The van der Waals surface area contributed by atoms with Crippen molar-refractivity contribution in [2.45, 2.75) is 33.4 Å². The molecule has 0 fully saturated rings. The highest BCUT2D eigenvalue weighted by Gasteiger charge is 2.03. The molecule has 2 aromatic rings. The molecule has 0 saturated heterocycles. The van der Waals surface area contributed by atoms with Crippen LogP contribution in [-0.4, -0.2) is 23.4 Å². The molecule has 4 nitrogen and oxygen atoms in total. The molecule has 1 aromatic carbocycles. The summed E-state index contributed by atoms with van der Waals surface area (Å²) < 4.78 is 7.21. The van der Waals surface area contributed by atoms with Gasteiger partial charge >= 0.3 is 0 Å². The van der Waals surface area contributed by atoms with E-state index in [-0.39, 0.29) is 0 Å². The first-order chi connectivity index (χ1) is 9.72. The first kappa shape index (κ1) is 14.6. The van der Waals surface area contributed by atoms with Gasteiger partial charge < -0.3 is 10.1 Å². The van der Waals surface area contributed by atoms with Gasteiger partial charge in [0, 0.05) is 13.1 Å². The molecule has 0 spiro atoms. The van der Waals surface area contributed by atoms with E-state index in [0.717, 1.165) is 37.5 Å². The standard InChI is InChI=1S/C16H23N3O/c1-4-19-15(11-13(2)18-19)12-17-10-9-14-5-7-16(20-3)8-6-14/h5-8,11,17H,4,9-10,12H2,1-3H3. The Morgan fingerprint density at radius 3 is 2.65 bits per heavy atom. The van der Waals surface area contributed by atoms with Crippen molar-refractivity contribution >= 4 is 0 Å². The monoisotopic (exact) mass is 273 g/mol. The lowest BCUT2D eigenvalue weighted by atomic mass is 10.1. The van der Waals surface area contributed by atoms with Crippen LogP contribution >= 0.6 is 0 Å². The van der Waals surface area contributed by atoms with E-state index in [1.807, 2.05) is 19.1 Å². The molecule has 20 heavy (non-hydrogen) atoms. The molecule has 1 heterocycles. The molecule has 0 aliphatic heterocycles. The zero-order chi connectivity index (χ0) is 14.4. The van der Waals surface area contributed by atoms with E-state index in [1.165, 1.54) is 11.3 Å². The smallest absolute Gasteiger partial charge is 0.118 e. The highest BCUT2D eigenvalue weighted by molar-refractivity contribution is 5.27. The zero-order valence-electron chi connectivity index (χ0n) is 12.5. The molecule has 0 amide bonds. The Morgan fingerprint density at radius 2 is 2.00 bits per heavy atom. The number of methoxy groups -OCH3 is 1. The summed E-state index contributed by atoms with van der Waals surface area (Å²) in [5.41, 5.74) is 3.65. The summed E-state index contributed by atoms with van der Waals surface area (Å²) in [6.45, 7) is 6.90. The number of hydrogen-bond donors (Lipinski definition) is 1. The van der Waals surface area contributed by atoms with Crippen molar-refractivity contribution in [2.75, 3.05) is 13.7 Å². The third-order valence-corrected chi connectivity index (χ3v) is 3.34. The summed E-state index contributed by atoms with van der Waals surface area (Å²) in [6.07, 6.45) is 1.02. The molecule has 0 radical (unpaired) electrons. The van der Waals surface area contributed by atoms with Crippen molar-refractivity contribution in [1.29, 1.82) is 0 Å². The second-order valence-corrected chi connectivity index (χ2v) is 4.87. The summed E-state index contributed by atoms with van der Waals surface area (Å²) in [5.74, 6) is 0.907. The quantitative estimate of drug-likeness (QED) is 0.788. The van der Waals surface area contributed by atoms with Crippen LogP contribution in [0.3, 0.4) is 0 Å². The Morgan fingerprint density at radius 1 is 1.25 bits per heavy atom. The van der Waals surface area contributed by atoms with Gasteiger partial charge in [0.1, 0.15) is 5.75 Å². The molecule has 0 unspecified atom stereocenters. The molecular weight excluding hydrogens is 250 g/mol. The van der Waals surface area contributed by atoms with Crippen LogP contribution in [0.4, 0.5) is 0 Å². The number of rotatable bonds is 7. The number of aryl methyl sites for hydroxylation is 2. The predicted molar refractivity (Wildman–Crippen MR) is 81.0 cm³/mol. The highest BCUT2D eigenvalue weighted by Crippen LogP contribution is 2.11. The van der Waals surface area contributed by atoms with Crippen LogP contribution in [0.5, 0.6) is 5.75 Å². The number of aromatic nitrogens is 2. The van der Waals surface area contributed by atoms with E-state index in [0.29, 0.717) is 0 Å². The topological polar surface area (TPSA) is 39.1 Å². The van der Waals surface area contributed by atoms with Gasteiger partial charge in [0.2, 0.25) is 0 Å². The number of ether oxygens (including phenoxy) is 1. The van der Waals surface area contributed by atoms with Crippen molar-refractivity contribution in [3.05, 3.63) is 47.3 Å². The van der Waals surface area contributed by atoms with Crippen LogP contribution in [0.1, 0.15) is 23.9 Å². The average molecular weight is 273 g/mol. The average Bonchev–Trinajstić information content (AvgIpc) is 2.84. The lowest BCUT2D eigenvalue weighted by Crippen LogP contribution is -2.19. The fraction of sp³-hybridized carbons (Fsp3) is 0.438. The van der Waals surface area contributed by atoms with E-state index in [1.54, 1.807) is 7.11 Å². The van der Waals surface area contributed by atoms with E-state index in [9.17, 15) is 0 Å². The van der Waals surface area contributed by atoms with Gasteiger partial charge in [-0.2, -0.15) is 5.10 Å². The maximum absolute atomic E-state index is 5.16. The zero-order valence-corrected chi connectivity index (χ0v) is 12.5. The Bertz CT molecular complexity index is 531. The molecular formula is C16H23N3O. The third-order valence-electron chi connectivity index (χ3n) is 3.34. The minimum atomic E-state index is 0.866. The number of benzene rings is 1. The van der Waals surface area contributed by atoms with Crippen molar-refractivity contribution < 1.29 is 4.74 Å². The van der Waals surface area contributed by atoms with Crippen LogP contribution in [0.2, 0.25) is 0 Å². The molecule has 0 aliphatic carbocycles. The fourth-order valence-electron chi connectivity index (χ4n) is 2.26. The summed E-state index contributed by atoms with van der Waals surface area (Å²) in [5, 5.41) is 7.92. The van der Waals surface area contributed by atoms with Crippen molar-refractivity contribution in [1.82, 2.24) is 15.1 Å². The highest BCUT2D eigenvalue weighted by atomic mass is 16.5. The van der Waals surface area contributed by atoms with E-state index >= 15 is 0 Å². The molecule has 0 aliphatic rings. The molecule has 0 bridgehead atoms. The van der Waals surface area contributed by atoms with Gasteiger partial charge in [0.15, 0.2) is 0 Å². The SMILES string of the molecule is CCn1nc(C)cc1CNCCc1ccc(OC)cc1. The molecule has 4 heteroatoms. The summed E-state index contributed by atoms with van der Waals surface area (Å²) in [6, 6.07) is 10.4. The first-order valence-electron chi connectivity index (χ1n) is 7.10. The minimum Gasteiger partial charge on any atom is -0.497 e. The third kappa shape index (κ3) is 3.84. The number of nitrogens with zero attached hydrogens (tertiary/aromatic N) is 2. The Labute approximate surface area is 120 Å². The second-order valence-electron chi connectivity index (χ2n) is 4.87. The van der Waals surface area contributed by atoms with Crippen molar-refractivity contribution in [3.8, 4) is 5.75 Å². The number of nitrogens with one attached hydrogen (secondary N) is 1. The van der Waals surface area contributed by atoms with E-state index in [2.05, 4.69) is 40.2 Å². The Hall–Kier alpha value is -1.81. The summed E-state index contributed by atoms with van der Waals surface area (Å²) in [4.78, 5) is 0. The van der Waals surface area contributed by atoms with Gasteiger partial charge in [-0.25, -0.2) is 0 Å². The maximum atomic E-state index is 5.16. The molecule has 1 aromatic heterocycles. The lowest BCUT2D eigenvalue weighted by Gasteiger charge is -2.07. The van der Waals surface area contributed by atoms with Crippen molar-refractivity contribution in [2.24, 2.45) is 0 Å². The van der Waals surface area contributed by atoms with Crippen LogP contribution in [0, 0.1) is 6.92 Å².